The van der Waals surface area contributed by atoms with Crippen molar-refractivity contribution in [2.45, 2.75) is 12.5 Å². The van der Waals surface area contributed by atoms with Gasteiger partial charge in [-0.05, 0) is 28.1 Å². The van der Waals surface area contributed by atoms with E-state index in [1.165, 1.54) is 30.7 Å². The summed E-state index contributed by atoms with van der Waals surface area (Å²) in [6.45, 7) is 0. The molecule has 0 radical (unpaired) electrons. The van der Waals surface area contributed by atoms with Crippen molar-refractivity contribution < 1.29 is 19.1 Å². The van der Waals surface area contributed by atoms with E-state index in [9.17, 15) is 14.0 Å². The molecule has 0 unspecified atom stereocenters. The van der Waals surface area contributed by atoms with Crippen molar-refractivity contribution in [2.75, 3.05) is 0 Å². The summed E-state index contributed by atoms with van der Waals surface area (Å²) >= 11 is 2.97. The average Bonchev–Trinajstić information content (AvgIpc) is 2.93. The summed E-state index contributed by atoms with van der Waals surface area (Å²) in [7, 11) is 0. The van der Waals surface area contributed by atoms with E-state index >= 15 is 0 Å². The molecule has 6 nitrogen and oxygen atoms in total. The Morgan fingerprint density at radius 3 is 2.86 bits per heavy atom. The number of nitrogens with one attached hydrogen (secondary N) is 2. The highest BCUT2D eigenvalue weighted by Crippen LogP contribution is 2.20. The summed E-state index contributed by atoms with van der Waals surface area (Å²) < 4.78 is 13.4. The number of hydrogen-bond acceptors (Lipinski definition) is 3. The summed E-state index contributed by atoms with van der Waals surface area (Å²) in [5.74, 6) is -2.46. The normalized spacial score (nSPS) is 11.9. The van der Waals surface area contributed by atoms with E-state index < -0.39 is 23.7 Å². The topological polar surface area (TPSA) is 95.1 Å². The SMILES string of the molecule is O=C(N[C@H](Cc1cnc[nH]1)C(=O)O)c1cccc(F)c1Br. The van der Waals surface area contributed by atoms with Crippen LogP contribution in [0.5, 0.6) is 0 Å². The van der Waals surface area contributed by atoms with Gasteiger partial charge in [0.25, 0.3) is 5.91 Å². The summed E-state index contributed by atoms with van der Waals surface area (Å²) in [6, 6.07) is 2.82. The molecule has 0 saturated heterocycles. The number of aromatic amines is 1. The highest BCUT2D eigenvalue weighted by atomic mass is 79.9. The molecule has 1 aromatic carbocycles. The highest BCUT2D eigenvalue weighted by molar-refractivity contribution is 9.10. The molecule has 1 amide bonds. The number of carboxylic acids is 1. The zero-order chi connectivity index (χ0) is 15.4. The van der Waals surface area contributed by atoms with Gasteiger partial charge in [0.05, 0.1) is 16.4 Å². The number of benzene rings is 1. The van der Waals surface area contributed by atoms with E-state index in [2.05, 4.69) is 31.2 Å². The van der Waals surface area contributed by atoms with Gasteiger partial charge < -0.3 is 15.4 Å². The zero-order valence-electron chi connectivity index (χ0n) is 10.6. The fraction of sp³-hybridized carbons (Fsp3) is 0.154. The van der Waals surface area contributed by atoms with E-state index in [0.717, 1.165) is 0 Å². The molecule has 1 heterocycles. The first kappa shape index (κ1) is 15.2. The molecule has 8 heteroatoms. The Kier molecular flexibility index (Phi) is 4.69. The van der Waals surface area contributed by atoms with Crippen LogP contribution in [0.2, 0.25) is 0 Å². The van der Waals surface area contributed by atoms with Crippen molar-refractivity contribution >= 4 is 27.8 Å². The summed E-state index contributed by atoms with van der Waals surface area (Å²) in [5.41, 5.74) is 0.604. The lowest BCUT2D eigenvalue weighted by Gasteiger charge is -2.14. The van der Waals surface area contributed by atoms with Crippen LogP contribution in [-0.2, 0) is 11.2 Å². The van der Waals surface area contributed by atoms with E-state index in [4.69, 9.17) is 5.11 Å². The van der Waals surface area contributed by atoms with E-state index in [1.807, 2.05) is 0 Å². The Labute approximate surface area is 127 Å². The van der Waals surface area contributed by atoms with Gasteiger partial charge in [0.2, 0.25) is 0 Å². The van der Waals surface area contributed by atoms with Crippen LogP contribution in [0.4, 0.5) is 4.39 Å². The molecular weight excluding hydrogens is 345 g/mol. The zero-order valence-corrected chi connectivity index (χ0v) is 12.2. The number of nitrogens with zero attached hydrogens (tertiary/aromatic N) is 1. The lowest BCUT2D eigenvalue weighted by atomic mass is 10.1. The number of aliphatic carboxylic acids is 1. The number of H-pyrrole nitrogens is 1. The van der Waals surface area contributed by atoms with Crippen LogP contribution >= 0.6 is 15.9 Å². The molecule has 110 valence electrons. The van der Waals surface area contributed by atoms with Crippen molar-refractivity contribution in [1.29, 1.82) is 0 Å². The van der Waals surface area contributed by atoms with Gasteiger partial charge >= 0.3 is 5.97 Å². The van der Waals surface area contributed by atoms with Crippen molar-refractivity contribution in [2.24, 2.45) is 0 Å². The first-order valence-electron chi connectivity index (χ1n) is 5.94. The molecule has 0 aliphatic carbocycles. The third-order valence-electron chi connectivity index (χ3n) is 2.78. The number of amides is 1. The smallest absolute Gasteiger partial charge is 0.326 e. The first-order chi connectivity index (χ1) is 9.99. The first-order valence-corrected chi connectivity index (χ1v) is 6.73. The molecule has 0 aliphatic heterocycles. The molecule has 0 bridgehead atoms. The maximum atomic E-state index is 13.4. The standard InChI is InChI=1S/C13H11BrFN3O3/c14-11-8(2-1-3-9(11)15)12(19)18-10(13(20)21)4-7-5-16-6-17-7/h1-3,5-6,10H,4H2,(H,16,17)(H,18,19)(H,20,21)/t10-/m1/s1. The number of halogens is 2. The average molecular weight is 356 g/mol. The van der Waals surface area contributed by atoms with Crippen LogP contribution in [0.25, 0.3) is 0 Å². The predicted octanol–water partition coefficient (Wildman–Crippen LogP) is 1.74. The highest BCUT2D eigenvalue weighted by Gasteiger charge is 2.23. The van der Waals surface area contributed by atoms with Gasteiger partial charge in [-0.2, -0.15) is 0 Å². The van der Waals surface area contributed by atoms with Crippen LogP contribution in [0.1, 0.15) is 16.1 Å². The van der Waals surface area contributed by atoms with Gasteiger partial charge in [-0.1, -0.05) is 6.07 Å². The molecule has 0 aliphatic rings. The number of imidazole rings is 1. The molecule has 0 fully saturated rings. The second-order valence-electron chi connectivity index (χ2n) is 4.25. The minimum Gasteiger partial charge on any atom is -0.480 e. The summed E-state index contributed by atoms with van der Waals surface area (Å²) in [4.78, 5) is 29.8. The van der Waals surface area contributed by atoms with E-state index in [0.29, 0.717) is 5.69 Å². The molecule has 0 spiro atoms. The molecule has 21 heavy (non-hydrogen) atoms. The Hall–Kier alpha value is -2.22. The van der Waals surface area contributed by atoms with Gasteiger partial charge in [-0.3, -0.25) is 4.79 Å². The summed E-state index contributed by atoms with van der Waals surface area (Å²) in [6.07, 6.45) is 2.94. The Morgan fingerprint density at radius 1 is 1.48 bits per heavy atom. The molecule has 2 rings (SSSR count). The Balaban J connectivity index is 2.15. The fourth-order valence-electron chi connectivity index (χ4n) is 1.73. The quantitative estimate of drug-likeness (QED) is 0.761. The van der Waals surface area contributed by atoms with Gasteiger partial charge in [-0.25, -0.2) is 14.2 Å². The van der Waals surface area contributed by atoms with Gasteiger partial charge in [0.15, 0.2) is 0 Å². The predicted molar refractivity (Wildman–Crippen MR) is 75.3 cm³/mol. The van der Waals surface area contributed by atoms with E-state index in [1.54, 1.807) is 0 Å². The van der Waals surface area contributed by atoms with Crippen LogP contribution < -0.4 is 5.32 Å². The second-order valence-corrected chi connectivity index (χ2v) is 5.04. The third-order valence-corrected chi connectivity index (χ3v) is 3.58. The van der Waals surface area contributed by atoms with Crippen molar-refractivity contribution in [1.82, 2.24) is 15.3 Å². The van der Waals surface area contributed by atoms with Crippen molar-refractivity contribution in [3.63, 3.8) is 0 Å². The minimum atomic E-state index is -1.19. The third kappa shape index (κ3) is 3.66. The minimum absolute atomic E-state index is 0.00632. The second kappa shape index (κ2) is 6.49. The number of carbonyl (C=O) groups is 2. The largest absolute Gasteiger partial charge is 0.480 e. The molecule has 1 aromatic heterocycles. The van der Waals surface area contributed by atoms with Crippen molar-refractivity contribution in [3.05, 3.63) is 52.3 Å². The number of hydrogen-bond donors (Lipinski definition) is 3. The Bertz CT molecular complexity index is 661. The molecule has 0 saturated carbocycles. The van der Waals surface area contributed by atoms with Crippen molar-refractivity contribution in [3.8, 4) is 0 Å². The van der Waals surface area contributed by atoms with Crippen LogP contribution in [0.3, 0.4) is 0 Å². The lowest BCUT2D eigenvalue weighted by Crippen LogP contribution is -2.42. The molecule has 1 atom stereocenters. The maximum absolute atomic E-state index is 13.4. The van der Waals surface area contributed by atoms with E-state index in [-0.39, 0.29) is 16.5 Å². The lowest BCUT2D eigenvalue weighted by molar-refractivity contribution is -0.139. The Morgan fingerprint density at radius 2 is 2.24 bits per heavy atom. The number of carbonyl (C=O) groups excluding carboxylic acids is 1. The van der Waals surface area contributed by atoms with Gasteiger partial charge in [0, 0.05) is 18.3 Å². The summed E-state index contributed by atoms with van der Waals surface area (Å²) in [5, 5.41) is 11.5. The van der Waals surface area contributed by atoms with Crippen LogP contribution in [0.15, 0.2) is 35.2 Å². The number of aromatic nitrogens is 2. The van der Waals surface area contributed by atoms with Gasteiger partial charge in [0.1, 0.15) is 11.9 Å². The van der Waals surface area contributed by atoms with Gasteiger partial charge in [-0.15, -0.1) is 0 Å². The molecule has 3 N–H and O–H groups in total. The fourth-order valence-corrected chi connectivity index (χ4v) is 2.18. The number of rotatable bonds is 5. The monoisotopic (exact) mass is 355 g/mol. The maximum Gasteiger partial charge on any atom is 0.326 e. The van der Waals surface area contributed by atoms with Crippen LogP contribution in [-0.4, -0.2) is 33.0 Å². The number of carboxylic acid groups (broad SMARTS) is 1. The molecular formula is C13H11BrFN3O3. The molecule has 2 aromatic rings. The van der Waals surface area contributed by atoms with Crippen LogP contribution in [0, 0.1) is 5.82 Å².